The van der Waals surface area contributed by atoms with E-state index >= 15 is 0 Å². The molecular formula is C17H22N2O2. The number of nitrogens with one attached hydrogen (secondary N) is 1. The van der Waals surface area contributed by atoms with Crippen LogP contribution in [0.3, 0.4) is 0 Å². The van der Waals surface area contributed by atoms with Crippen LogP contribution < -0.4 is 14.8 Å². The normalized spacial score (nSPS) is 12.0. The van der Waals surface area contributed by atoms with Crippen molar-refractivity contribution in [1.29, 1.82) is 0 Å². The van der Waals surface area contributed by atoms with E-state index in [4.69, 9.17) is 9.47 Å². The lowest BCUT2D eigenvalue weighted by Gasteiger charge is -2.17. The lowest BCUT2D eigenvalue weighted by molar-refractivity contribution is 0.311. The van der Waals surface area contributed by atoms with Gasteiger partial charge in [0.2, 0.25) is 0 Å². The summed E-state index contributed by atoms with van der Waals surface area (Å²) >= 11 is 0. The molecule has 4 nitrogen and oxygen atoms in total. The zero-order valence-electron chi connectivity index (χ0n) is 12.8. The Morgan fingerprint density at radius 2 is 2.10 bits per heavy atom. The summed E-state index contributed by atoms with van der Waals surface area (Å²) in [4.78, 5) is 4.30. The fourth-order valence-corrected chi connectivity index (χ4v) is 2.09. The van der Waals surface area contributed by atoms with Crippen molar-refractivity contribution in [3.05, 3.63) is 53.9 Å². The van der Waals surface area contributed by atoms with Gasteiger partial charge in [0.1, 0.15) is 11.5 Å². The molecule has 21 heavy (non-hydrogen) atoms. The van der Waals surface area contributed by atoms with Gasteiger partial charge in [-0.3, -0.25) is 4.98 Å². The van der Waals surface area contributed by atoms with E-state index in [0.717, 1.165) is 29.2 Å². The van der Waals surface area contributed by atoms with Gasteiger partial charge in [-0.05, 0) is 32.2 Å². The first-order chi connectivity index (χ1) is 10.2. The van der Waals surface area contributed by atoms with Gasteiger partial charge < -0.3 is 14.8 Å². The highest BCUT2D eigenvalue weighted by Crippen LogP contribution is 2.29. The number of benzene rings is 1. The van der Waals surface area contributed by atoms with Crippen molar-refractivity contribution in [3.8, 4) is 11.5 Å². The van der Waals surface area contributed by atoms with Crippen LogP contribution in [0.25, 0.3) is 0 Å². The topological polar surface area (TPSA) is 43.4 Å². The molecule has 0 spiro atoms. The molecule has 1 N–H and O–H groups in total. The second-order valence-electron chi connectivity index (χ2n) is 4.83. The van der Waals surface area contributed by atoms with Crippen molar-refractivity contribution in [1.82, 2.24) is 10.3 Å². The maximum atomic E-state index is 5.95. The predicted octanol–water partition coefficient (Wildman–Crippen LogP) is 2.99. The summed E-state index contributed by atoms with van der Waals surface area (Å²) in [6.07, 6.45) is 2.58. The van der Waals surface area contributed by atoms with E-state index in [0.29, 0.717) is 6.61 Å². The Bertz CT molecular complexity index is 558. The van der Waals surface area contributed by atoms with Crippen molar-refractivity contribution >= 4 is 0 Å². The molecule has 1 heterocycles. The Morgan fingerprint density at radius 1 is 1.24 bits per heavy atom. The van der Waals surface area contributed by atoms with Crippen LogP contribution in [-0.4, -0.2) is 25.7 Å². The molecule has 1 atom stereocenters. The van der Waals surface area contributed by atoms with Gasteiger partial charge >= 0.3 is 0 Å². The van der Waals surface area contributed by atoms with E-state index < -0.39 is 0 Å². The van der Waals surface area contributed by atoms with Crippen LogP contribution >= 0.6 is 0 Å². The Hall–Kier alpha value is -2.07. The van der Waals surface area contributed by atoms with E-state index in [9.17, 15) is 0 Å². The second kappa shape index (κ2) is 7.64. The number of rotatable bonds is 7. The lowest BCUT2D eigenvalue weighted by Crippen LogP contribution is -2.14. The average molecular weight is 286 g/mol. The summed E-state index contributed by atoms with van der Waals surface area (Å²) in [5.74, 6) is 1.65. The van der Waals surface area contributed by atoms with E-state index in [2.05, 4.69) is 17.2 Å². The second-order valence-corrected chi connectivity index (χ2v) is 4.83. The summed E-state index contributed by atoms with van der Waals surface area (Å²) in [7, 11) is 3.60. The van der Waals surface area contributed by atoms with E-state index in [1.54, 1.807) is 13.3 Å². The zero-order chi connectivity index (χ0) is 15.1. The Labute approximate surface area is 126 Å². The first kappa shape index (κ1) is 15.3. The Kier molecular flexibility index (Phi) is 5.58. The van der Waals surface area contributed by atoms with Gasteiger partial charge in [-0.15, -0.1) is 0 Å². The van der Waals surface area contributed by atoms with Crippen molar-refractivity contribution < 1.29 is 9.47 Å². The maximum Gasteiger partial charge on any atom is 0.127 e. The van der Waals surface area contributed by atoms with Crippen LogP contribution in [0, 0.1) is 0 Å². The van der Waals surface area contributed by atoms with Gasteiger partial charge in [-0.1, -0.05) is 12.1 Å². The van der Waals surface area contributed by atoms with Gasteiger partial charge in [0.05, 0.1) is 13.7 Å². The van der Waals surface area contributed by atoms with Gasteiger partial charge in [0.15, 0.2) is 0 Å². The monoisotopic (exact) mass is 286 g/mol. The largest absolute Gasteiger partial charge is 0.497 e. The third-order valence-electron chi connectivity index (χ3n) is 3.46. The molecule has 0 aliphatic heterocycles. The van der Waals surface area contributed by atoms with Crippen LogP contribution in [0.2, 0.25) is 0 Å². The minimum Gasteiger partial charge on any atom is -0.497 e. The SMILES string of the molecule is CNC(C)c1ccc(OC)cc1OCCc1ccccn1. The first-order valence-electron chi connectivity index (χ1n) is 7.12. The number of pyridine rings is 1. The summed E-state index contributed by atoms with van der Waals surface area (Å²) in [6, 6.07) is 12.1. The summed E-state index contributed by atoms with van der Waals surface area (Å²) in [6.45, 7) is 2.70. The van der Waals surface area contributed by atoms with E-state index in [-0.39, 0.29) is 6.04 Å². The van der Waals surface area contributed by atoms with E-state index in [1.807, 2.05) is 43.4 Å². The quantitative estimate of drug-likeness (QED) is 0.849. The standard InChI is InChI=1S/C17H22N2O2/c1-13(18-2)16-8-7-15(20-3)12-17(16)21-11-9-14-6-4-5-10-19-14/h4-8,10,12-13,18H,9,11H2,1-3H3. The van der Waals surface area contributed by atoms with Gasteiger partial charge in [0.25, 0.3) is 0 Å². The Morgan fingerprint density at radius 3 is 2.76 bits per heavy atom. The maximum absolute atomic E-state index is 5.95. The average Bonchev–Trinajstić information content (AvgIpc) is 2.55. The van der Waals surface area contributed by atoms with Crippen LogP contribution in [0.15, 0.2) is 42.6 Å². The number of ether oxygens (including phenoxy) is 2. The molecule has 112 valence electrons. The molecule has 1 aromatic carbocycles. The molecule has 0 saturated carbocycles. The van der Waals surface area contributed by atoms with Gasteiger partial charge in [-0.2, -0.15) is 0 Å². The number of hydrogen-bond donors (Lipinski definition) is 1. The van der Waals surface area contributed by atoms with Crippen molar-refractivity contribution in [2.75, 3.05) is 20.8 Å². The molecule has 2 aromatic rings. The smallest absolute Gasteiger partial charge is 0.127 e. The fourth-order valence-electron chi connectivity index (χ4n) is 2.09. The predicted molar refractivity (Wildman–Crippen MR) is 83.9 cm³/mol. The van der Waals surface area contributed by atoms with E-state index in [1.165, 1.54) is 0 Å². The van der Waals surface area contributed by atoms with Crippen molar-refractivity contribution in [2.45, 2.75) is 19.4 Å². The van der Waals surface area contributed by atoms with Crippen LogP contribution in [-0.2, 0) is 6.42 Å². The molecule has 0 saturated heterocycles. The first-order valence-corrected chi connectivity index (χ1v) is 7.12. The molecule has 0 bridgehead atoms. The number of aromatic nitrogens is 1. The summed E-state index contributed by atoms with van der Waals surface area (Å²) < 4.78 is 11.2. The lowest BCUT2D eigenvalue weighted by atomic mass is 10.1. The van der Waals surface area contributed by atoms with Gasteiger partial charge in [0, 0.05) is 36.0 Å². The third kappa shape index (κ3) is 4.20. The molecular weight excluding hydrogens is 264 g/mol. The molecule has 2 rings (SSSR count). The summed E-state index contributed by atoms with van der Waals surface area (Å²) in [5.41, 5.74) is 2.16. The summed E-state index contributed by atoms with van der Waals surface area (Å²) in [5, 5.41) is 3.23. The van der Waals surface area contributed by atoms with Gasteiger partial charge in [-0.25, -0.2) is 0 Å². The molecule has 0 aliphatic carbocycles. The molecule has 0 amide bonds. The Balaban J connectivity index is 2.06. The molecule has 1 aromatic heterocycles. The molecule has 4 heteroatoms. The highest BCUT2D eigenvalue weighted by atomic mass is 16.5. The van der Waals surface area contributed by atoms with Crippen LogP contribution in [0.1, 0.15) is 24.2 Å². The minimum absolute atomic E-state index is 0.223. The van der Waals surface area contributed by atoms with Crippen LogP contribution in [0.5, 0.6) is 11.5 Å². The number of methoxy groups -OCH3 is 1. The number of nitrogens with zero attached hydrogens (tertiary/aromatic N) is 1. The molecule has 0 radical (unpaired) electrons. The highest BCUT2D eigenvalue weighted by molar-refractivity contribution is 5.42. The molecule has 0 aliphatic rings. The number of hydrogen-bond acceptors (Lipinski definition) is 4. The highest BCUT2D eigenvalue weighted by Gasteiger charge is 2.11. The van der Waals surface area contributed by atoms with Crippen LogP contribution in [0.4, 0.5) is 0 Å². The van der Waals surface area contributed by atoms with Crippen molar-refractivity contribution in [3.63, 3.8) is 0 Å². The van der Waals surface area contributed by atoms with Crippen molar-refractivity contribution in [2.24, 2.45) is 0 Å². The fraction of sp³-hybridized carbons (Fsp3) is 0.353. The zero-order valence-corrected chi connectivity index (χ0v) is 12.8. The minimum atomic E-state index is 0.223. The molecule has 0 fully saturated rings. The molecule has 1 unspecified atom stereocenters. The third-order valence-corrected chi connectivity index (χ3v) is 3.46.